The Kier molecular flexibility index (Phi) is 5.67. The zero-order chi connectivity index (χ0) is 13.5. The molecule has 0 unspecified atom stereocenters. The van der Waals surface area contributed by atoms with E-state index < -0.39 is 0 Å². The zero-order valence-corrected chi connectivity index (χ0v) is 12.0. The lowest BCUT2D eigenvalue weighted by atomic mass is 10.0. The highest BCUT2D eigenvalue weighted by Crippen LogP contribution is 2.18. The molecule has 1 aromatic rings. The lowest BCUT2D eigenvalue weighted by Crippen LogP contribution is -2.37. The molecule has 1 aliphatic rings. The standard InChI is InChI=1S/C16H25NO2/c1-13(2)14-3-5-16(6-4-14)19-12-9-17-15-7-10-18-11-8-15/h3-6,13,15,17H,7-12H2,1-2H3. The summed E-state index contributed by atoms with van der Waals surface area (Å²) in [6.07, 6.45) is 2.23. The first-order valence-electron chi connectivity index (χ1n) is 7.29. The third kappa shape index (κ3) is 4.84. The van der Waals surface area contributed by atoms with Crippen molar-refractivity contribution < 1.29 is 9.47 Å². The van der Waals surface area contributed by atoms with E-state index in [9.17, 15) is 0 Å². The van der Waals surface area contributed by atoms with Crippen molar-refractivity contribution in [1.29, 1.82) is 0 Å². The van der Waals surface area contributed by atoms with Crippen LogP contribution in [0.4, 0.5) is 0 Å². The van der Waals surface area contributed by atoms with E-state index in [0.29, 0.717) is 12.0 Å². The van der Waals surface area contributed by atoms with Crippen LogP contribution in [0.1, 0.15) is 38.2 Å². The fourth-order valence-corrected chi connectivity index (χ4v) is 2.28. The van der Waals surface area contributed by atoms with Gasteiger partial charge < -0.3 is 14.8 Å². The van der Waals surface area contributed by atoms with Crippen LogP contribution in [-0.4, -0.2) is 32.4 Å². The first-order valence-corrected chi connectivity index (χ1v) is 7.29. The van der Waals surface area contributed by atoms with Crippen LogP contribution in [0, 0.1) is 0 Å². The fraction of sp³-hybridized carbons (Fsp3) is 0.625. The molecule has 1 fully saturated rings. The molecule has 106 valence electrons. The molecule has 2 rings (SSSR count). The van der Waals surface area contributed by atoms with E-state index in [4.69, 9.17) is 9.47 Å². The van der Waals surface area contributed by atoms with Gasteiger partial charge in [-0.3, -0.25) is 0 Å². The predicted molar refractivity (Wildman–Crippen MR) is 77.9 cm³/mol. The molecule has 3 nitrogen and oxygen atoms in total. The Morgan fingerprint density at radius 2 is 1.89 bits per heavy atom. The second-order valence-corrected chi connectivity index (χ2v) is 5.41. The average molecular weight is 263 g/mol. The second-order valence-electron chi connectivity index (χ2n) is 5.41. The van der Waals surface area contributed by atoms with E-state index in [1.165, 1.54) is 5.56 Å². The minimum absolute atomic E-state index is 0.573. The van der Waals surface area contributed by atoms with E-state index in [-0.39, 0.29) is 0 Å². The molecule has 0 aliphatic carbocycles. The molecular formula is C16H25NO2. The Morgan fingerprint density at radius 3 is 2.53 bits per heavy atom. The lowest BCUT2D eigenvalue weighted by molar-refractivity contribution is 0.0770. The molecule has 1 saturated heterocycles. The van der Waals surface area contributed by atoms with Gasteiger partial charge in [0.2, 0.25) is 0 Å². The molecule has 1 heterocycles. The lowest BCUT2D eigenvalue weighted by Gasteiger charge is -2.23. The molecule has 3 heteroatoms. The fourth-order valence-electron chi connectivity index (χ4n) is 2.28. The summed E-state index contributed by atoms with van der Waals surface area (Å²) in [5, 5.41) is 3.52. The molecule has 0 radical (unpaired) electrons. The summed E-state index contributed by atoms with van der Waals surface area (Å²) in [5.41, 5.74) is 1.35. The van der Waals surface area contributed by atoms with Gasteiger partial charge in [-0.1, -0.05) is 26.0 Å². The minimum atomic E-state index is 0.573. The second kappa shape index (κ2) is 7.51. The molecule has 1 aliphatic heterocycles. The first-order chi connectivity index (χ1) is 9.25. The van der Waals surface area contributed by atoms with E-state index >= 15 is 0 Å². The molecule has 1 aromatic carbocycles. The van der Waals surface area contributed by atoms with Gasteiger partial charge in [0.15, 0.2) is 0 Å². The number of nitrogens with one attached hydrogen (secondary N) is 1. The van der Waals surface area contributed by atoms with Crippen molar-refractivity contribution in [2.24, 2.45) is 0 Å². The van der Waals surface area contributed by atoms with Crippen LogP contribution >= 0.6 is 0 Å². The minimum Gasteiger partial charge on any atom is -0.492 e. The quantitative estimate of drug-likeness (QED) is 0.800. The van der Waals surface area contributed by atoms with Crippen LogP contribution in [0.25, 0.3) is 0 Å². The van der Waals surface area contributed by atoms with Gasteiger partial charge in [0.25, 0.3) is 0 Å². The Morgan fingerprint density at radius 1 is 1.21 bits per heavy atom. The van der Waals surface area contributed by atoms with Crippen LogP contribution in [0.15, 0.2) is 24.3 Å². The topological polar surface area (TPSA) is 30.5 Å². The average Bonchev–Trinajstić information content (AvgIpc) is 2.45. The largest absolute Gasteiger partial charge is 0.492 e. The smallest absolute Gasteiger partial charge is 0.119 e. The van der Waals surface area contributed by atoms with Crippen LogP contribution in [0.3, 0.4) is 0 Å². The summed E-state index contributed by atoms with van der Waals surface area (Å²) in [6.45, 7) is 7.79. The van der Waals surface area contributed by atoms with Gasteiger partial charge in [-0.15, -0.1) is 0 Å². The number of rotatable bonds is 6. The van der Waals surface area contributed by atoms with Crippen molar-refractivity contribution in [3.8, 4) is 5.75 Å². The van der Waals surface area contributed by atoms with Crippen molar-refractivity contribution in [1.82, 2.24) is 5.32 Å². The number of hydrogen-bond donors (Lipinski definition) is 1. The molecule has 0 aromatic heterocycles. The van der Waals surface area contributed by atoms with Crippen molar-refractivity contribution in [2.45, 2.75) is 38.6 Å². The molecule has 0 amide bonds. The van der Waals surface area contributed by atoms with Crippen LogP contribution in [0.2, 0.25) is 0 Å². The summed E-state index contributed by atoms with van der Waals surface area (Å²) in [7, 11) is 0. The maximum atomic E-state index is 5.74. The van der Waals surface area contributed by atoms with Gasteiger partial charge in [0.1, 0.15) is 12.4 Å². The van der Waals surface area contributed by atoms with E-state index in [1.807, 2.05) is 0 Å². The number of ether oxygens (including phenoxy) is 2. The SMILES string of the molecule is CC(C)c1ccc(OCCNC2CCOCC2)cc1. The highest BCUT2D eigenvalue weighted by Gasteiger charge is 2.12. The van der Waals surface area contributed by atoms with Gasteiger partial charge in [-0.25, -0.2) is 0 Å². The predicted octanol–water partition coefficient (Wildman–Crippen LogP) is 2.96. The highest BCUT2D eigenvalue weighted by atomic mass is 16.5. The molecule has 1 N–H and O–H groups in total. The zero-order valence-electron chi connectivity index (χ0n) is 12.0. The van der Waals surface area contributed by atoms with E-state index in [0.717, 1.165) is 45.0 Å². The van der Waals surface area contributed by atoms with Gasteiger partial charge >= 0.3 is 0 Å². The van der Waals surface area contributed by atoms with Crippen molar-refractivity contribution >= 4 is 0 Å². The van der Waals surface area contributed by atoms with Gasteiger partial charge in [0, 0.05) is 25.8 Å². The third-order valence-corrected chi connectivity index (χ3v) is 3.57. The number of benzene rings is 1. The van der Waals surface area contributed by atoms with E-state index in [1.54, 1.807) is 0 Å². The maximum absolute atomic E-state index is 5.74. The summed E-state index contributed by atoms with van der Waals surface area (Å²) < 4.78 is 11.1. The molecule has 19 heavy (non-hydrogen) atoms. The Bertz CT molecular complexity index is 356. The van der Waals surface area contributed by atoms with Crippen molar-refractivity contribution in [3.05, 3.63) is 29.8 Å². The molecular weight excluding hydrogens is 238 g/mol. The van der Waals surface area contributed by atoms with Crippen LogP contribution in [-0.2, 0) is 4.74 Å². The molecule has 0 bridgehead atoms. The van der Waals surface area contributed by atoms with Crippen LogP contribution < -0.4 is 10.1 Å². The maximum Gasteiger partial charge on any atom is 0.119 e. The van der Waals surface area contributed by atoms with E-state index in [2.05, 4.69) is 43.4 Å². The van der Waals surface area contributed by atoms with Gasteiger partial charge in [-0.2, -0.15) is 0 Å². The monoisotopic (exact) mass is 263 g/mol. The molecule has 0 spiro atoms. The third-order valence-electron chi connectivity index (χ3n) is 3.57. The van der Waals surface area contributed by atoms with Crippen molar-refractivity contribution in [3.63, 3.8) is 0 Å². The number of hydrogen-bond acceptors (Lipinski definition) is 3. The molecule has 0 saturated carbocycles. The first kappa shape index (κ1) is 14.4. The van der Waals surface area contributed by atoms with Gasteiger partial charge in [0.05, 0.1) is 0 Å². The van der Waals surface area contributed by atoms with Crippen LogP contribution in [0.5, 0.6) is 5.75 Å². The summed E-state index contributed by atoms with van der Waals surface area (Å²) in [6, 6.07) is 9.01. The Balaban J connectivity index is 1.64. The summed E-state index contributed by atoms with van der Waals surface area (Å²) in [5.74, 6) is 1.53. The van der Waals surface area contributed by atoms with Gasteiger partial charge in [-0.05, 0) is 36.5 Å². The molecule has 0 atom stereocenters. The Hall–Kier alpha value is -1.06. The Labute approximate surface area is 116 Å². The van der Waals surface area contributed by atoms with Crippen molar-refractivity contribution in [2.75, 3.05) is 26.4 Å². The highest BCUT2D eigenvalue weighted by molar-refractivity contribution is 5.28. The summed E-state index contributed by atoms with van der Waals surface area (Å²) in [4.78, 5) is 0. The summed E-state index contributed by atoms with van der Waals surface area (Å²) >= 11 is 0. The normalized spacial score (nSPS) is 16.8.